The van der Waals surface area contributed by atoms with E-state index < -0.39 is 6.10 Å². The lowest BCUT2D eigenvalue weighted by molar-refractivity contribution is 0.175. The molecule has 0 saturated heterocycles. The Morgan fingerprint density at radius 1 is 1.00 bits per heavy atom. The monoisotopic (exact) mass is 272 g/mol. The predicted octanol–water partition coefficient (Wildman–Crippen LogP) is 3.31. The summed E-state index contributed by atoms with van der Waals surface area (Å²) in [5.74, 6) is 0.717. The standard InChI is InChI=1S/C17H20O3/c1-3-20-16-11-7-6-10-15(16)17(18)14-9-5-4-8-13(14)12-19-2/h4-11,17-18H,3,12H2,1-2H3. The second-order valence-corrected chi connectivity index (χ2v) is 4.51. The summed E-state index contributed by atoms with van der Waals surface area (Å²) >= 11 is 0. The van der Waals surface area contributed by atoms with E-state index in [4.69, 9.17) is 9.47 Å². The van der Waals surface area contributed by atoms with Gasteiger partial charge in [-0.3, -0.25) is 0 Å². The zero-order valence-electron chi connectivity index (χ0n) is 11.9. The third-order valence-corrected chi connectivity index (χ3v) is 3.16. The van der Waals surface area contributed by atoms with Gasteiger partial charge in [0.25, 0.3) is 0 Å². The Hall–Kier alpha value is -1.84. The zero-order chi connectivity index (χ0) is 14.4. The molecule has 0 aromatic heterocycles. The lowest BCUT2D eigenvalue weighted by atomic mass is 9.96. The number of ether oxygens (including phenoxy) is 2. The number of aliphatic hydroxyl groups excluding tert-OH is 1. The molecule has 1 unspecified atom stereocenters. The lowest BCUT2D eigenvalue weighted by Crippen LogP contribution is -2.07. The summed E-state index contributed by atoms with van der Waals surface area (Å²) < 4.78 is 10.8. The van der Waals surface area contributed by atoms with Crippen molar-refractivity contribution < 1.29 is 14.6 Å². The summed E-state index contributed by atoms with van der Waals surface area (Å²) in [7, 11) is 1.65. The van der Waals surface area contributed by atoms with Crippen LogP contribution in [-0.4, -0.2) is 18.8 Å². The maximum atomic E-state index is 10.7. The molecule has 2 aromatic rings. The van der Waals surface area contributed by atoms with Crippen LogP contribution >= 0.6 is 0 Å². The van der Waals surface area contributed by atoms with Gasteiger partial charge in [0, 0.05) is 12.7 Å². The summed E-state index contributed by atoms with van der Waals surface area (Å²) in [6.45, 7) is 2.98. The normalized spacial score (nSPS) is 12.2. The largest absolute Gasteiger partial charge is 0.493 e. The molecule has 0 radical (unpaired) electrons. The molecule has 0 bridgehead atoms. The van der Waals surface area contributed by atoms with Crippen LogP contribution in [0, 0.1) is 0 Å². The first-order chi connectivity index (χ1) is 9.77. The van der Waals surface area contributed by atoms with Crippen LogP contribution in [0.4, 0.5) is 0 Å². The second-order valence-electron chi connectivity index (χ2n) is 4.51. The van der Waals surface area contributed by atoms with E-state index in [1.54, 1.807) is 7.11 Å². The van der Waals surface area contributed by atoms with Crippen molar-refractivity contribution in [1.29, 1.82) is 0 Å². The van der Waals surface area contributed by atoms with E-state index in [0.29, 0.717) is 13.2 Å². The fourth-order valence-electron chi connectivity index (χ4n) is 2.25. The molecule has 0 aliphatic carbocycles. The van der Waals surface area contributed by atoms with E-state index in [2.05, 4.69) is 0 Å². The van der Waals surface area contributed by atoms with E-state index in [1.807, 2.05) is 55.5 Å². The Kier molecular flexibility index (Phi) is 5.16. The fourth-order valence-corrected chi connectivity index (χ4v) is 2.25. The summed E-state index contributed by atoms with van der Waals surface area (Å²) in [6.07, 6.45) is -0.718. The molecule has 106 valence electrons. The molecular formula is C17H20O3. The number of methoxy groups -OCH3 is 1. The Morgan fingerprint density at radius 2 is 1.65 bits per heavy atom. The average Bonchev–Trinajstić information content (AvgIpc) is 2.48. The molecule has 2 rings (SSSR count). The molecule has 0 fully saturated rings. The number of para-hydroxylation sites is 1. The number of aliphatic hydroxyl groups is 1. The van der Waals surface area contributed by atoms with Crippen LogP contribution in [0.5, 0.6) is 5.75 Å². The highest BCUT2D eigenvalue weighted by molar-refractivity contribution is 5.42. The third-order valence-electron chi connectivity index (χ3n) is 3.16. The van der Waals surface area contributed by atoms with Gasteiger partial charge in [-0.25, -0.2) is 0 Å². The molecule has 0 spiro atoms. The molecule has 3 heteroatoms. The van der Waals surface area contributed by atoms with Crippen LogP contribution in [0.2, 0.25) is 0 Å². The highest BCUT2D eigenvalue weighted by atomic mass is 16.5. The molecule has 0 aliphatic rings. The van der Waals surface area contributed by atoms with Gasteiger partial charge >= 0.3 is 0 Å². The number of benzene rings is 2. The first-order valence-electron chi connectivity index (χ1n) is 6.74. The van der Waals surface area contributed by atoms with Gasteiger partial charge in [-0.15, -0.1) is 0 Å². The molecule has 3 nitrogen and oxygen atoms in total. The summed E-state index contributed by atoms with van der Waals surface area (Å²) in [5, 5.41) is 10.7. The molecular weight excluding hydrogens is 252 g/mol. The van der Waals surface area contributed by atoms with Crippen molar-refractivity contribution in [2.24, 2.45) is 0 Å². The van der Waals surface area contributed by atoms with Gasteiger partial charge in [0.2, 0.25) is 0 Å². The van der Waals surface area contributed by atoms with Gasteiger partial charge in [0.15, 0.2) is 0 Å². The highest BCUT2D eigenvalue weighted by Gasteiger charge is 2.17. The fraction of sp³-hybridized carbons (Fsp3) is 0.294. The Morgan fingerprint density at radius 3 is 2.35 bits per heavy atom. The molecule has 20 heavy (non-hydrogen) atoms. The van der Waals surface area contributed by atoms with E-state index in [1.165, 1.54) is 0 Å². The topological polar surface area (TPSA) is 38.7 Å². The third kappa shape index (κ3) is 3.18. The summed E-state index contributed by atoms with van der Waals surface area (Å²) in [4.78, 5) is 0. The SMILES string of the molecule is CCOc1ccccc1C(O)c1ccccc1COC. The van der Waals surface area contributed by atoms with Crippen LogP contribution < -0.4 is 4.74 Å². The number of hydrogen-bond acceptors (Lipinski definition) is 3. The minimum Gasteiger partial charge on any atom is -0.493 e. The Bertz CT molecular complexity index is 502. The molecule has 0 saturated carbocycles. The minimum absolute atomic E-state index is 0.476. The van der Waals surface area contributed by atoms with Crippen LogP contribution in [0.15, 0.2) is 48.5 Å². The molecule has 2 aromatic carbocycles. The van der Waals surface area contributed by atoms with Crippen molar-refractivity contribution in [3.05, 3.63) is 65.2 Å². The number of hydrogen-bond donors (Lipinski definition) is 1. The van der Waals surface area contributed by atoms with Gasteiger partial charge in [-0.05, 0) is 24.1 Å². The van der Waals surface area contributed by atoms with E-state index in [-0.39, 0.29) is 0 Å². The van der Waals surface area contributed by atoms with Crippen molar-refractivity contribution >= 4 is 0 Å². The maximum absolute atomic E-state index is 10.7. The lowest BCUT2D eigenvalue weighted by Gasteiger charge is -2.18. The predicted molar refractivity (Wildman–Crippen MR) is 78.8 cm³/mol. The van der Waals surface area contributed by atoms with Gasteiger partial charge < -0.3 is 14.6 Å². The molecule has 1 N–H and O–H groups in total. The van der Waals surface area contributed by atoms with Crippen molar-refractivity contribution in [3.8, 4) is 5.75 Å². The van der Waals surface area contributed by atoms with Gasteiger partial charge in [0.05, 0.1) is 13.2 Å². The van der Waals surface area contributed by atoms with Crippen LogP contribution in [0.25, 0.3) is 0 Å². The van der Waals surface area contributed by atoms with Crippen molar-refractivity contribution in [1.82, 2.24) is 0 Å². The summed E-state index contributed by atoms with van der Waals surface area (Å²) in [6, 6.07) is 15.3. The van der Waals surface area contributed by atoms with E-state index in [9.17, 15) is 5.11 Å². The van der Waals surface area contributed by atoms with Crippen LogP contribution in [0.3, 0.4) is 0 Å². The van der Waals surface area contributed by atoms with Gasteiger partial charge in [-0.2, -0.15) is 0 Å². The number of rotatable bonds is 6. The summed E-state index contributed by atoms with van der Waals surface area (Å²) in [5.41, 5.74) is 2.60. The molecule has 0 aliphatic heterocycles. The van der Waals surface area contributed by atoms with Crippen LogP contribution in [0.1, 0.15) is 29.7 Å². The van der Waals surface area contributed by atoms with E-state index >= 15 is 0 Å². The van der Waals surface area contributed by atoms with Crippen LogP contribution in [-0.2, 0) is 11.3 Å². The smallest absolute Gasteiger partial charge is 0.125 e. The van der Waals surface area contributed by atoms with Gasteiger partial charge in [-0.1, -0.05) is 42.5 Å². The van der Waals surface area contributed by atoms with E-state index in [0.717, 1.165) is 22.4 Å². The first kappa shape index (κ1) is 14.6. The zero-order valence-corrected chi connectivity index (χ0v) is 11.9. The van der Waals surface area contributed by atoms with Crippen molar-refractivity contribution in [3.63, 3.8) is 0 Å². The molecule has 0 heterocycles. The van der Waals surface area contributed by atoms with Crippen molar-refractivity contribution in [2.75, 3.05) is 13.7 Å². The first-order valence-corrected chi connectivity index (χ1v) is 6.74. The van der Waals surface area contributed by atoms with Crippen molar-refractivity contribution in [2.45, 2.75) is 19.6 Å². The molecule has 1 atom stereocenters. The quantitative estimate of drug-likeness (QED) is 0.876. The maximum Gasteiger partial charge on any atom is 0.125 e. The highest BCUT2D eigenvalue weighted by Crippen LogP contribution is 2.31. The minimum atomic E-state index is -0.718. The van der Waals surface area contributed by atoms with Gasteiger partial charge in [0.1, 0.15) is 11.9 Å². The second kappa shape index (κ2) is 7.08. The average molecular weight is 272 g/mol. The Balaban J connectivity index is 2.38. The Labute approximate surface area is 119 Å². The molecule has 0 amide bonds.